The summed E-state index contributed by atoms with van der Waals surface area (Å²) in [5.74, 6) is -0.601. The van der Waals surface area contributed by atoms with E-state index in [2.05, 4.69) is 0 Å². The average molecular weight is 286 g/mol. The molecule has 1 aliphatic heterocycles. The van der Waals surface area contributed by atoms with E-state index < -0.39 is 11.5 Å². The Morgan fingerprint density at radius 1 is 1.19 bits per heavy atom. The lowest BCUT2D eigenvalue weighted by atomic mass is 10.1. The van der Waals surface area contributed by atoms with Gasteiger partial charge in [0.05, 0.1) is 0 Å². The zero-order chi connectivity index (χ0) is 15.0. The second-order valence-electron chi connectivity index (χ2n) is 5.03. The summed E-state index contributed by atoms with van der Waals surface area (Å²) in [6, 6.07) is 8.52. The number of fused-ring (bicyclic) bond motifs is 1. The number of nitrogens with zero attached hydrogens (tertiary/aromatic N) is 2. The maximum atomic E-state index is 12.4. The van der Waals surface area contributed by atoms with Crippen molar-refractivity contribution in [3.63, 3.8) is 0 Å². The Morgan fingerprint density at radius 3 is 2.71 bits per heavy atom. The highest BCUT2D eigenvalue weighted by Gasteiger charge is 2.27. The molecule has 0 spiro atoms. The number of carbonyl (C=O) groups excluding carboxylic acids is 2. The SMILES string of the molecule is CN1CCN(C(=O)c2cc3ccccc3oc2=O)CC1=O. The third-order valence-electron chi connectivity index (χ3n) is 3.62. The molecule has 0 saturated carbocycles. The summed E-state index contributed by atoms with van der Waals surface area (Å²) in [6.45, 7) is 0.860. The van der Waals surface area contributed by atoms with Crippen LogP contribution in [0.2, 0.25) is 0 Å². The van der Waals surface area contributed by atoms with Gasteiger partial charge in [-0.25, -0.2) is 4.79 Å². The number of hydrogen-bond acceptors (Lipinski definition) is 4. The first-order valence-corrected chi connectivity index (χ1v) is 6.62. The molecule has 0 radical (unpaired) electrons. The van der Waals surface area contributed by atoms with Gasteiger partial charge in [-0.15, -0.1) is 0 Å². The summed E-state index contributed by atoms with van der Waals surface area (Å²) in [5, 5.41) is 0.681. The van der Waals surface area contributed by atoms with Crippen LogP contribution in [0.4, 0.5) is 0 Å². The Hall–Kier alpha value is -2.63. The van der Waals surface area contributed by atoms with Crippen LogP contribution in [0.15, 0.2) is 39.5 Å². The quantitative estimate of drug-likeness (QED) is 0.724. The van der Waals surface area contributed by atoms with E-state index in [4.69, 9.17) is 4.42 Å². The van der Waals surface area contributed by atoms with E-state index in [0.717, 1.165) is 0 Å². The summed E-state index contributed by atoms with van der Waals surface area (Å²) in [5.41, 5.74) is -0.273. The molecule has 0 aliphatic carbocycles. The molecule has 3 rings (SSSR count). The first kappa shape index (κ1) is 13.4. The molecule has 0 atom stereocenters. The van der Waals surface area contributed by atoms with Gasteiger partial charge in [0.15, 0.2) is 0 Å². The maximum Gasteiger partial charge on any atom is 0.349 e. The minimum atomic E-state index is -0.676. The molecular formula is C15H14N2O4. The Kier molecular flexibility index (Phi) is 3.21. The second kappa shape index (κ2) is 5.05. The molecule has 0 N–H and O–H groups in total. The van der Waals surface area contributed by atoms with Crippen molar-refractivity contribution in [3.05, 3.63) is 46.3 Å². The number of piperazine rings is 1. The fourth-order valence-electron chi connectivity index (χ4n) is 2.31. The first-order chi connectivity index (χ1) is 10.1. The van der Waals surface area contributed by atoms with Crippen molar-refractivity contribution in [2.24, 2.45) is 0 Å². The summed E-state index contributed by atoms with van der Waals surface area (Å²) in [7, 11) is 1.69. The van der Waals surface area contributed by atoms with Gasteiger partial charge in [0.2, 0.25) is 5.91 Å². The van der Waals surface area contributed by atoms with Crippen LogP contribution in [-0.2, 0) is 4.79 Å². The monoisotopic (exact) mass is 286 g/mol. The van der Waals surface area contributed by atoms with E-state index in [-0.39, 0.29) is 18.0 Å². The number of hydrogen-bond donors (Lipinski definition) is 0. The zero-order valence-electron chi connectivity index (χ0n) is 11.5. The molecule has 1 saturated heterocycles. The van der Waals surface area contributed by atoms with E-state index in [9.17, 15) is 14.4 Å². The lowest BCUT2D eigenvalue weighted by molar-refractivity contribution is -0.133. The molecule has 108 valence electrons. The number of carbonyl (C=O) groups is 2. The second-order valence-corrected chi connectivity index (χ2v) is 5.03. The zero-order valence-corrected chi connectivity index (χ0v) is 11.5. The van der Waals surface area contributed by atoms with Crippen molar-refractivity contribution < 1.29 is 14.0 Å². The van der Waals surface area contributed by atoms with Gasteiger partial charge in [-0.05, 0) is 12.1 Å². The number of likely N-dealkylation sites (N-methyl/N-ethyl adjacent to an activating group) is 1. The third kappa shape index (κ3) is 2.40. The van der Waals surface area contributed by atoms with Crippen LogP contribution < -0.4 is 5.63 Å². The normalized spacial score (nSPS) is 15.6. The molecule has 1 fully saturated rings. The molecule has 2 amide bonds. The number of amides is 2. The van der Waals surface area contributed by atoms with Gasteiger partial charge in [0.1, 0.15) is 17.7 Å². The van der Waals surface area contributed by atoms with Gasteiger partial charge in [-0.2, -0.15) is 0 Å². The van der Waals surface area contributed by atoms with Crippen LogP contribution in [0.25, 0.3) is 11.0 Å². The Bertz CT molecular complexity index is 781. The topological polar surface area (TPSA) is 70.8 Å². The van der Waals surface area contributed by atoms with Crippen molar-refractivity contribution in [2.75, 3.05) is 26.7 Å². The third-order valence-corrected chi connectivity index (χ3v) is 3.62. The Morgan fingerprint density at radius 2 is 1.95 bits per heavy atom. The van der Waals surface area contributed by atoms with Gasteiger partial charge in [-0.3, -0.25) is 9.59 Å². The van der Waals surface area contributed by atoms with E-state index >= 15 is 0 Å². The predicted octanol–water partition coefficient (Wildman–Crippen LogP) is 0.707. The number of rotatable bonds is 1. The van der Waals surface area contributed by atoms with Crippen molar-refractivity contribution in [3.8, 4) is 0 Å². The van der Waals surface area contributed by atoms with Crippen LogP contribution in [0.5, 0.6) is 0 Å². The fraction of sp³-hybridized carbons (Fsp3) is 0.267. The number of benzene rings is 1. The fourth-order valence-corrected chi connectivity index (χ4v) is 2.31. The molecule has 0 bridgehead atoms. The average Bonchev–Trinajstić information content (AvgIpc) is 2.48. The molecule has 0 unspecified atom stereocenters. The highest BCUT2D eigenvalue weighted by molar-refractivity contribution is 5.98. The van der Waals surface area contributed by atoms with Crippen LogP contribution in [0, 0.1) is 0 Å². The van der Waals surface area contributed by atoms with Crippen molar-refractivity contribution in [1.82, 2.24) is 9.80 Å². The van der Waals surface area contributed by atoms with Gasteiger partial charge < -0.3 is 14.2 Å². The lowest BCUT2D eigenvalue weighted by Crippen LogP contribution is -2.51. The molecule has 1 aromatic carbocycles. The standard InChI is InChI=1S/C15H14N2O4/c1-16-6-7-17(9-13(16)18)14(19)11-8-10-4-2-3-5-12(10)21-15(11)20/h2-5,8H,6-7,9H2,1H3. The Balaban J connectivity index is 1.96. The smallest absolute Gasteiger partial charge is 0.349 e. The van der Waals surface area contributed by atoms with Crippen LogP contribution in [0.1, 0.15) is 10.4 Å². The Labute approximate surface area is 120 Å². The molecule has 1 aliphatic rings. The van der Waals surface area contributed by atoms with Gasteiger partial charge in [0.25, 0.3) is 5.91 Å². The molecule has 2 aromatic rings. The summed E-state index contributed by atoms with van der Waals surface area (Å²) < 4.78 is 5.15. The lowest BCUT2D eigenvalue weighted by Gasteiger charge is -2.31. The molecule has 21 heavy (non-hydrogen) atoms. The predicted molar refractivity (Wildman–Crippen MR) is 76.0 cm³/mol. The summed E-state index contributed by atoms with van der Waals surface area (Å²) >= 11 is 0. The molecule has 2 heterocycles. The minimum absolute atomic E-state index is 0.0123. The highest BCUT2D eigenvalue weighted by atomic mass is 16.4. The maximum absolute atomic E-state index is 12.4. The molecule has 6 nitrogen and oxygen atoms in total. The minimum Gasteiger partial charge on any atom is -0.422 e. The first-order valence-electron chi connectivity index (χ1n) is 6.62. The van der Waals surface area contributed by atoms with Gasteiger partial charge in [-0.1, -0.05) is 18.2 Å². The van der Waals surface area contributed by atoms with E-state index in [1.807, 2.05) is 0 Å². The van der Waals surface area contributed by atoms with Crippen molar-refractivity contribution >= 4 is 22.8 Å². The highest BCUT2D eigenvalue weighted by Crippen LogP contribution is 2.14. The van der Waals surface area contributed by atoms with Crippen LogP contribution in [-0.4, -0.2) is 48.3 Å². The molecule has 1 aromatic heterocycles. The van der Waals surface area contributed by atoms with Crippen molar-refractivity contribution in [2.45, 2.75) is 0 Å². The molecular weight excluding hydrogens is 272 g/mol. The van der Waals surface area contributed by atoms with Gasteiger partial charge in [0, 0.05) is 25.5 Å². The largest absolute Gasteiger partial charge is 0.422 e. The summed E-state index contributed by atoms with van der Waals surface area (Å²) in [4.78, 5) is 39.0. The summed E-state index contributed by atoms with van der Waals surface area (Å²) in [6.07, 6.45) is 0. The van der Waals surface area contributed by atoms with E-state index in [1.54, 1.807) is 36.2 Å². The van der Waals surface area contributed by atoms with Crippen molar-refractivity contribution in [1.29, 1.82) is 0 Å². The van der Waals surface area contributed by atoms with E-state index in [1.165, 1.54) is 11.0 Å². The van der Waals surface area contributed by atoms with Crippen LogP contribution in [0.3, 0.4) is 0 Å². The number of para-hydroxylation sites is 1. The van der Waals surface area contributed by atoms with E-state index in [0.29, 0.717) is 24.1 Å². The van der Waals surface area contributed by atoms with Crippen LogP contribution >= 0.6 is 0 Å². The molecule has 6 heteroatoms. The van der Waals surface area contributed by atoms with Gasteiger partial charge >= 0.3 is 5.63 Å².